The highest BCUT2D eigenvalue weighted by Crippen LogP contribution is 2.25. The number of hydrogen-bond acceptors (Lipinski definition) is 3. The minimum Gasteiger partial charge on any atom is -0.477 e. The molecule has 0 unspecified atom stereocenters. The van der Waals surface area contributed by atoms with Gasteiger partial charge in [-0.1, -0.05) is 0 Å². The molecule has 0 fully saturated rings. The molecule has 0 saturated heterocycles. The molecule has 1 aromatic carbocycles. The molecule has 2 N–H and O–H groups in total. The Morgan fingerprint density at radius 3 is 2.94 bits per heavy atom. The summed E-state index contributed by atoms with van der Waals surface area (Å²) < 4.78 is 5.16. The van der Waals surface area contributed by atoms with Crippen molar-refractivity contribution in [2.45, 2.75) is 6.92 Å². The van der Waals surface area contributed by atoms with Crippen molar-refractivity contribution in [2.75, 3.05) is 0 Å². The van der Waals surface area contributed by atoms with E-state index in [4.69, 9.17) is 9.52 Å². The van der Waals surface area contributed by atoms with E-state index < -0.39 is 5.97 Å². The summed E-state index contributed by atoms with van der Waals surface area (Å²) in [7, 11) is 0. The van der Waals surface area contributed by atoms with Crippen molar-refractivity contribution in [3.63, 3.8) is 0 Å². The van der Waals surface area contributed by atoms with Gasteiger partial charge in [0, 0.05) is 11.3 Å². The lowest BCUT2D eigenvalue weighted by atomic mass is 10.1. The van der Waals surface area contributed by atoms with E-state index in [2.05, 4.69) is 9.97 Å². The maximum atomic E-state index is 11.0. The number of nitrogens with zero attached hydrogens (tertiary/aromatic N) is 1. The number of carboxylic acids is 1. The number of aromatic carboxylic acids is 1. The SMILES string of the molecule is Cc1cc(-c2ccc3ocnc3c2)[nH]c1C(=O)O. The zero-order valence-electron chi connectivity index (χ0n) is 9.60. The number of aryl methyl sites for hydroxylation is 1. The van der Waals surface area contributed by atoms with Crippen LogP contribution in [0, 0.1) is 6.92 Å². The minimum absolute atomic E-state index is 0.213. The van der Waals surface area contributed by atoms with E-state index in [0.29, 0.717) is 11.1 Å². The lowest BCUT2D eigenvalue weighted by Crippen LogP contribution is -1.98. The fourth-order valence-electron chi connectivity index (χ4n) is 1.96. The second kappa shape index (κ2) is 3.73. The molecule has 3 rings (SSSR count). The largest absolute Gasteiger partial charge is 0.477 e. The van der Waals surface area contributed by atoms with Crippen LogP contribution in [0.5, 0.6) is 0 Å². The first-order valence-corrected chi connectivity index (χ1v) is 5.41. The van der Waals surface area contributed by atoms with Crippen LogP contribution in [0.3, 0.4) is 0 Å². The van der Waals surface area contributed by atoms with Crippen LogP contribution in [0.25, 0.3) is 22.4 Å². The van der Waals surface area contributed by atoms with Gasteiger partial charge >= 0.3 is 5.97 Å². The van der Waals surface area contributed by atoms with E-state index in [-0.39, 0.29) is 5.69 Å². The van der Waals surface area contributed by atoms with E-state index in [0.717, 1.165) is 16.8 Å². The van der Waals surface area contributed by atoms with Crippen molar-refractivity contribution in [2.24, 2.45) is 0 Å². The maximum Gasteiger partial charge on any atom is 0.352 e. The molecule has 3 aromatic rings. The van der Waals surface area contributed by atoms with Gasteiger partial charge in [0.15, 0.2) is 12.0 Å². The van der Waals surface area contributed by atoms with Gasteiger partial charge in [-0.25, -0.2) is 9.78 Å². The highest BCUT2D eigenvalue weighted by atomic mass is 16.4. The molecule has 0 bridgehead atoms. The Hall–Kier alpha value is -2.56. The van der Waals surface area contributed by atoms with Crippen LogP contribution in [-0.2, 0) is 0 Å². The van der Waals surface area contributed by atoms with Gasteiger partial charge in [0.2, 0.25) is 0 Å². The average molecular weight is 242 g/mol. The van der Waals surface area contributed by atoms with Gasteiger partial charge in [0.25, 0.3) is 0 Å². The first-order chi connectivity index (χ1) is 8.65. The predicted molar refractivity (Wildman–Crippen MR) is 65.5 cm³/mol. The van der Waals surface area contributed by atoms with Gasteiger partial charge in [-0.3, -0.25) is 0 Å². The Kier molecular flexibility index (Phi) is 2.19. The van der Waals surface area contributed by atoms with Crippen LogP contribution in [0.15, 0.2) is 35.1 Å². The quantitative estimate of drug-likeness (QED) is 0.724. The highest BCUT2D eigenvalue weighted by molar-refractivity contribution is 5.89. The Morgan fingerprint density at radius 1 is 1.39 bits per heavy atom. The number of hydrogen-bond donors (Lipinski definition) is 2. The molecular weight excluding hydrogens is 232 g/mol. The number of carboxylic acid groups (broad SMARTS) is 1. The molecule has 0 radical (unpaired) electrons. The van der Waals surface area contributed by atoms with Crippen LogP contribution in [-0.4, -0.2) is 21.0 Å². The fourth-order valence-corrected chi connectivity index (χ4v) is 1.96. The summed E-state index contributed by atoms with van der Waals surface area (Å²) in [5.41, 5.74) is 4.02. The number of aromatic amines is 1. The van der Waals surface area contributed by atoms with Crippen molar-refractivity contribution in [1.82, 2.24) is 9.97 Å². The number of H-pyrrole nitrogens is 1. The molecule has 0 aliphatic carbocycles. The molecule has 0 amide bonds. The van der Waals surface area contributed by atoms with Gasteiger partial charge in [0.05, 0.1) is 0 Å². The molecule has 18 heavy (non-hydrogen) atoms. The highest BCUT2D eigenvalue weighted by Gasteiger charge is 2.12. The van der Waals surface area contributed by atoms with Crippen LogP contribution in [0.1, 0.15) is 16.1 Å². The molecule has 0 saturated carbocycles. The smallest absolute Gasteiger partial charge is 0.352 e. The van der Waals surface area contributed by atoms with E-state index in [1.165, 1.54) is 6.39 Å². The Labute approximate surface area is 102 Å². The minimum atomic E-state index is -0.957. The number of aromatic nitrogens is 2. The Balaban J connectivity index is 2.13. The molecule has 0 aliphatic rings. The van der Waals surface area contributed by atoms with Crippen molar-refractivity contribution in [3.8, 4) is 11.3 Å². The number of carbonyl (C=O) groups is 1. The summed E-state index contributed by atoms with van der Waals surface area (Å²) in [6.45, 7) is 1.76. The third kappa shape index (κ3) is 1.57. The normalized spacial score (nSPS) is 10.9. The van der Waals surface area contributed by atoms with Crippen LogP contribution >= 0.6 is 0 Å². The first kappa shape index (κ1) is 10.6. The summed E-state index contributed by atoms with van der Waals surface area (Å²) in [6.07, 6.45) is 1.39. The number of fused-ring (bicyclic) bond motifs is 1. The summed E-state index contributed by atoms with van der Waals surface area (Å²) in [5, 5.41) is 9.01. The number of nitrogens with one attached hydrogen (secondary N) is 1. The van der Waals surface area contributed by atoms with Crippen molar-refractivity contribution < 1.29 is 14.3 Å². The van der Waals surface area contributed by atoms with Crippen molar-refractivity contribution >= 4 is 17.1 Å². The molecule has 2 aromatic heterocycles. The van der Waals surface area contributed by atoms with Gasteiger partial charge in [0.1, 0.15) is 11.2 Å². The summed E-state index contributed by atoms with van der Waals surface area (Å²) in [4.78, 5) is 17.9. The van der Waals surface area contributed by atoms with Gasteiger partial charge < -0.3 is 14.5 Å². The van der Waals surface area contributed by atoms with Crippen LogP contribution in [0.4, 0.5) is 0 Å². The lowest BCUT2D eigenvalue weighted by molar-refractivity contribution is 0.0690. The van der Waals surface area contributed by atoms with E-state index in [9.17, 15) is 4.79 Å². The monoisotopic (exact) mass is 242 g/mol. The average Bonchev–Trinajstić information content (AvgIpc) is 2.93. The summed E-state index contributed by atoms with van der Waals surface area (Å²) in [6, 6.07) is 7.35. The lowest BCUT2D eigenvalue weighted by Gasteiger charge is -1.97. The molecule has 5 nitrogen and oxygen atoms in total. The summed E-state index contributed by atoms with van der Waals surface area (Å²) in [5.74, 6) is -0.957. The van der Waals surface area contributed by atoms with Crippen molar-refractivity contribution in [1.29, 1.82) is 0 Å². The predicted octanol–water partition coefficient (Wildman–Crippen LogP) is 2.83. The third-order valence-electron chi connectivity index (χ3n) is 2.87. The topological polar surface area (TPSA) is 79.1 Å². The standard InChI is InChI=1S/C13H10N2O3/c1-7-4-9(15-12(7)13(16)17)8-2-3-11-10(5-8)14-6-18-11/h2-6,15H,1H3,(H,16,17). The molecule has 0 aliphatic heterocycles. The fraction of sp³-hybridized carbons (Fsp3) is 0.0769. The first-order valence-electron chi connectivity index (χ1n) is 5.41. The maximum absolute atomic E-state index is 11.0. The van der Waals surface area contributed by atoms with Crippen LogP contribution < -0.4 is 0 Å². The van der Waals surface area contributed by atoms with E-state index in [1.54, 1.807) is 6.92 Å². The van der Waals surface area contributed by atoms with Crippen LogP contribution in [0.2, 0.25) is 0 Å². The molecular formula is C13H10N2O3. The van der Waals surface area contributed by atoms with E-state index >= 15 is 0 Å². The number of oxazole rings is 1. The number of benzene rings is 1. The molecule has 2 heterocycles. The number of rotatable bonds is 2. The second-order valence-corrected chi connectivity index (χ2v) is 4.08. The van der Waals surface area contributed by atoms with Gasteiger partial charge in [-0.2, -0.15) is 0 Å². The summed E-state index contributed by atoms with van der Waals surface area (Å²) >= 11 is 0. The zero-order chi connectivity index (χ0) is 12.7. The van der Waals surface area contributed by atoms with Gasteiger partial charge in [-0.15, -0.1) is 0 Å². The third-order valence-corrected chi connectivity index (χ3v) is 2.87. The van der Waals surface area contributed by atoms with Crippen molar-refractivity contribution in [3.05, 3.63) is 41.9 Å². The molecule has 0 spiro atoms. The van der Waals surface area contributed by atoms with Gasteiger partial charge in [-0.05, 0) is 36.8 Å². The zero-order valence-corrected chi connectivity index (χ0v) is 9.60. The molecule has 90 valence electrons. The second-order valence-electron chi connectivity index (χ2n) is 4.08. The Bertz CT molecular complexity index is 740. The Morgan fingerprint density at radius 2 is 2.22 bits per heavy atom. The molecule has 5 heteroatoms. The van der Waals surface area contributed by atoms with E-state index in [1.807, 2.05) is 24.3 Å². The molecule has 0 atom stereocenters.